The first-order valence-corrected chi connectivity index (χ1v) is 9.03. The van der Waals surface area contributed by atoms with Crippen LogP contribution in [0.15, 0.2) is 53.6 Å². The van der Waals surface area contributed by atoms with Crippen LogP contribution < -0.4 is 15.1 Å². The van der Waals surface area contributed by atoms with Crippen LogP contribution in [-0.2, 0) is 9.59 Å². The Labute approximate surface area is 162 Å². The quantitative estimate of drug-likeness (QED) is 0.612. The number of benzene rings is 2. The lowest BCUT2D eigenvalue weighted by atomic mass is 10.1. The van der Waals surface area contributed by atoms with E-state index in [2.05, 4.69) is 10.5 Å². The molecule has 0 spiro atoms. The van der Waals surface area contributed by atoms with Gasteiger partial charge < -0.3 is 9.64 Å². The molecule has 1 N–H and O–H groups in total. The van der Waals surface area contributed by atoms with Crippen LogP contribution in [0.3, 0.4) is 0 Å². The minimum atomic E-state index is -0.358. The highest BCUT2D eigenvalue weighted by Gasteiger charge is 2.21. The Balaban J connectivity index is 1.52. The zero-order chi connectivity index (χ0) is 19.2. The van der Waals surface area contributed by atoms with E-state index in [0.717, 1.165) is 24.2 Å². The van der Waals surface area contributed by atoms with Gasteiger partial charge in [0.15, 0.2) is 6.61 Å². The molecule has 0 aromatic heterocycles. The molecule has 0 atom stereocenters. The molecule has 2 amide bonds. The summed E-state index contributed by atoms with van der Waals surface area (Å²) in [5, 5.41) is 4.70. The second-order valence-corrected chi connectivity index (χ2v) is 6.61. The van der Waals surface area contributed by atoms with Crippen molar-refractivity contribution in [2.45, 2.75) is 19.8 Å². The van der Waals surface area contributed by atoms with Crippen molar-refractivity contribution in [2.24, 2.45) is 5.10 Å². The van der Waals surface area contributed by atoms with E-state index in [9.17, 15) is 9.59 Å². The summed E-state index contributed by atoms with van der Waals surface area (Å²) in [6.07, 6.45) is 1.50. The summed E-state index contributed by atoms with van der Waals surface area (Å²) in [5.41, 5.74) is 4.88. The number of rotatable bonds is 6. The first-order chi connectivity index (χ1) is 13.0. The number of carbonyl (C=O) groups is 2. The molecule has 0 saturated carbocycles. The Morgan fingerprint density at radius 3 is 2.52 bits per heavy atom. The number of hydrazone groups is 1. The monoisotopic (exact) mass is 385 g/mol. The summed E-state index contributed by atoms with van der Waals surface area (Å²) < 4.78 is 5.37. The van der Waals surface area contributed by atoms with Gasteiger partial charge in [-0.05, 0) is 55.3 Å². The van der Waals surface area contributed by atoms with Gasteiger partial charge in [0.25, 0.3) is 5.91 Å². The molecular formula is C20H20ClN3O3. The van der Waals surface area contributed by atoms with Crippen molar-refractivity contribution >= 4 is 34.8 Å². The SMILES string of the molecule is C/C(=N/NC(=O)COc1ccc(Cl)cc1)c1ccc(N2CCCC2=O)cc1. The second-order valence-electron chi connectivity index (χ2n) is 6.17. The number of hydrogen-bond acceptors (Lipinski definition) is 4. The van der Waals surface area contributed by atoms with Crippen LogP contribution in [0.4, 0.5) is 5.69 Å². The Hall–Kier alpha value is -2.86. The molecule has 7 heteroatoms. The minimum Gasteiger partial charge on any atom is -0.484 e. The maximum absolute atomic E-state index is 11.9. The highest BCUT2D eigenvalue weighted by atomic mass is 35.5. The number of halogens is 1. The standard InChI is InChI=1S/C20H20ClN3O3/c1-14(15-4-8-17(9-5-15)24-12-2-3-20(24)26)22-23-19(25)13-27-18-10-6-16(21)7-11-18/h4-11H,2-3,12-13H2,1H3,(H,23,25)/b22-14-. The molecule has 1 aliphatic heterocycles. The molecule has 6 nitrogen and oxygen atoms in total. The Kier molecular flexibility index (Phi) is 6.08. The molecule has 2 aromatic rings. The second kappa shape index (κ2) is 8.68. The number of anilines is 1. The molecule has 1 aliphatic rings. The minimum absolute atomic E-state index is 0.144. The van der Waals surface area contributed by atoms with E-state index in [1.807, 2.05) is 24.3 Å². The van der Waals surface area contributed by atoms with Gasteiger partial charge in [-0.1, -0.05) is 23.7 Å². The van der Waals surface area contributed by atoms with Gasteiger partial charge in [-0.3, -0.25) is 9.59 Å². The number of ether oxygens (including phenoxy) is 1. The van der Waals surface area contributed by atoms with Gasteiger partial charge in [-0.15, -0.1) is 0 Å². The van der Waals surface area contributed by atoms with E-state index < -0.39 is 0 Å². The lowest BCUT2D eigenvalue weighted by Gasteiger charge is -2.15. The molecule has 27 heavy (non-hydrogen) atoms. The average molecular weight is 386 g/mol. The van der Waals surface area contributed by atoms with E-state index in [0.29, 0.717) is 22.9 Å². The van der Waals surface area contributed by atoms with Gasteiger partial charge in [0, 0.05) is 23.7 Å². The molecule has 0 radical (unpaired) electrons. The van der Waals surface area contributed by atoms with Gasteiger partial charge >= 0.3 is 0 Å². The summed E-state index contributed by atoms with van der Waals surface area (Å²) >= 11 is 5.80. The van der Waals surface area contributed by atoms with Crippen LogP contribution >= 0.6 is 11.6 Å². The zero-order valence-electron chi connectivity index (χ0n) is 14.9. The predicted octanol–water partition coefficient (Wildman–Crippen LogP) is 3.39. The Morgan fingerprint density at radius 1 is 1.19 bits per heavy atom. The van der Waals surface area contributed by atoms with Crippen LogP contribution in [0.5, 0.6) is 5.75 Å². The molecule has 0 unspecified atom stereocenters. The number of amides is 2. The highest BCUT2D eigenvalue weighted by molar-refractivity contribution is 6.30. The number of carbonyl (C=O) groups excluding carboxylic acids is 2. The van der Waals surface area contributed by atoms with Gasteiger partial charge in [0.1, 0.15) is 5.75 Å². The number of hydrogen-bond donors (Lipinski definition) is 1. The van der Waals surface area contributed by atoms with E-state index in [-0.39, 0.29) is 18.4 Å². The summed E-state index contributed by atoms with van der Waals surface area (Å²) in [6.45, 7) is 2.42. The van der Waals surface area contributed by atoms with Crippen LogP contribution in [0.25, 0.3) is 0 Å². The Bertz CT molecular complexity index is 848. The first kappa shape index (κ1) is 18.9. The van der Waals surface area contributed by atoms with Crippen molar-refractivity contribution in [1.82, 2.24) is 5.43 Å². The topological polar surface area (TPSA) is 71.0 Å². The molecule has 1 saturated heterocycles. The molecule has 0 bridgehead atoms. The van der Waals surface area contributed by atoms with Gasteiger partial charge in [0.05, 0.1) is 5.71 Å². The maximum atomic E-state index is 11.9. The van der Waals surface area contributed by atoms with Gasteiger partial charge in [-0.2, -0.15) is 5.10 Å². The van der Waals surface area contributed by atoms with E-state index in [1.54, 1.807) is 36.1 Å². The normalized spacial score (nSPS) is 14.4. The van der Waals surface area contributed by atoms with Crippen LogP contribution in [0.1, 0.15) is 25.3 Å². The summed E-state index contributed by atoms with van der Waals surface area (Å²) in [6, 6.07) is 14.3. The largest absolute Gasteiger partial charge is 0.484 e. The molecule has 2 aromatic carbocycles. The lowest BCUT2D eigenvalue weighted by Crippen LogP contribution is -2.25. The molecular weight excluding hydrogens is 366 g/mol. The lowest BCUT2D eigenvalue weighted by molar-refractivity contribution is -0.123. The molecule has 3 rings (SSSR count). The van der Waals surface area contributed by atoms with Gasteiger partial charge in [-0.25, -0.2) is 5.43 Å². The number of nitrogens with zero attached hydrogens (tertiary/aromatic N) is 2. The molecule has 1 fully saturated rings. The fraction of sp³-hybridized carbons (Fsp3) is 0.250. The zero-order valence-corrected chi connectivity index (χ0v) is 15.7. The van der Waals surface area contributed by atoms with Crippen LogP contribution in [0.2, 0.25) is 5.02 Å². The van der Waals surface area contributed by atoms with Crippen LogP contribution in [-0.4, -0.2) is 30.7 Å². The van der Waals surface area contributed by atoms with Crippen molar-refractivity contribution in [1.29, 1.82) is 0 Å². The average Bonchev–Trinajstić information content (AvgIpc) is 3.11. The van der Waals surface area contributed by atoms with Crippen molar-refractivity contribution in [3.8, 4) is 5.75 Å². The fourth-order valence-electron chi connectivity index (χ4n) is 2.73. The summed E-state index contributed by atoms with van der Waals surface area (Å²) in [5.74, 6) is 0.354. The first-order valence-electron chi connectivity index (χ1n) is 8.65. The highest BCUT2D eigenvalue weighted by Crippen LogP contribution is 2.21. The fourth-order valence-corrected chi connectivity index (χ4v) is 2.85. The van der Waals surface area contributed by atoms with Crippen LogP contribution in [0, 0.1) is 0 Å². The van der Waals surface area contributed by atoms with E-state index in [1.165, 1.54) is 0 Å². The predicted molar refractivity (Wildman–Crippen MR) is 105 cm³/mol. The summed E-state index contributed by atoms with van der Waals surface area (Å²) in [4.78, 5) is 25.4. The summed E-state index contributed by atoms with van der Waals surface area (Å²) in [7, 11) is 0. The smallest absolute Gasteiger partial charge is 0.277 e. The third-order valence-electron chi connectivity index (χ3n) is 4.20. The van der Waals surface area contributed by atoms with E-state index in [4.69, 9.17) is 16.3 Å². The van der Waals surface area contributed by atoms with Crippen molar-refractivity contribution < 1.29 is 14.3 Å². The van der Waals surface area contributed by atoms with Gasteiger partial charge in [0.2, 0.25) is 5.91 Å². The van der Waals surface area contributed by atoms with Crippen molar-refractivity contribution in [3.05, 3.63) is 59.1 Å². The van der Waals surface area contributed by atoms with E-state index >= 15 is 0 Å². The van der Waals surface area contributed by atoms with Crippen molar-refractivity contribution in [2.75, 3.05) is 18.1 Å². The molecule has 0 aliphatic carbocycles. The third kappa shape index (κ3) is 5.08. The Morgan fingerprint density at radius 2 is 1.89 bits per heavy atom. The third-order valence-corrected chi connectivity index (χ3v) is 4.45. The molecule has 1 heterocycles. The van der Waals surface area contributed by atoms with Crippen molar-refractivity contribution in [3.63, 3.8) is 0 Å². The maximum Gasteiger partial charge on any atom is 0.277 e. The number of nitrogens with one attached hydrogen (secondary N) is 1. The molecule has 140 valence electrons.